The van der Waals surface area contributed by atoms with Crippen LogP contribution in [0, 0.1) is 0 Å². The first-order valence-electron chi connectivity index (χ1n) is 4.91. The molecule has 0 saturated carbocycles. The van der Waals surface area contributed by atoms with Crippen molar-refractivity contribution in [3.05, 3.63) is 46.7 Å². The van der Waals surface area contributed by atoms with Crippen LogP contribution in [0.5, 0.6) is 0 Å². The lowest BCUT2D eigenvalue weighted by Crippen LogP contribution is -2.30. The Labute approximate surface area is 106 Å². The number of hydrogen-bond acceptors (Lipinski definition) is 4. The third kappa shape index (κ3) is 2.78. The van der Waals surface area contributed by atoms with Gasteiger partial charge in [-0.15, -0.1) is 0 Å². The largest absolute Gasteiger partial charge is 0.467 e. The smallest absolute Gasteiger partial charge is 0.287 e. The highest BCUT2D eigenvalue weighted by Crippen LogP contribution is 2.17. The first kappa shape index (κ1) is 11.9. The highest BCUT2D eigenvalue weighted by atomic mass is 79.9. The molecule has 2 rings (SSSR count). The topological polar surface area (TPSA) is 75.6 Å². The van der Waals surface area contributed by atoms with Crippen LogP contribution in [0.15, 0.2) is 44.0 Å². The second-order valence-corrected chi connectivity index (χ2v) is 4.11. The van der Waals surface area contributed by atoms with E-state index in [2.05, 4.69) is 21.2 Å². The SMILES string of the molecule is O=C(NC(CO)c1ccco1)c1ccc(Br)o1. The molecular formula is C11H10BrNO4. The Balaban J connectivity index is 2.07. The van der Waals surface area contributed by atoms with Gasteiger partial charge >= 0.3 is 0 Å². The quantitative estimate of drug-likeness (QED) is 0.906. The number of carbonyl (C=O) groups excluding carboxylic acids is 1. The third-order valence-electron chi connectivity index (χ3n) is 2.17. The van der Waals surface area contributed by atoms with Crippen molar-refractivity contribution in [1.29, 1.82) is 0 Å². The van der Waals surface area contributed by atoms with Gasteiger partial charge in [0.15, 0.2) is 10.4 Å². The summed E-state index contributed by atoms with van der Waals surface area (Å²) in [5, 5.41) is 11.8. The van der Waals surface area contributed by atoms with Gasteiger partial charge in [-0.05, 0) is 40.2 Å². The molecule has 6 heteroatoms. The van der Waals surface area contributed by atoms with Crippen LogP contribution in [-0.2, 0) is 0 Å². The van der Waals surface area contributed by atoms with E-state index in [1.54, 1.807) is 18.2 Å². The number of amides is 1. The summed E-state index contributed by atoms with van der Waals surface area (Å²) < 4.78 is 10.7. The van der Waals surface area contributed by atoms with Crippen molar-refractivity contribution < 1.29 is 18.7 Å². The van der Waals surface area contributed by atoms with Gasteiger partial charge in [0, 0.05) is 0 Å². The molecule has 2 N–H and O–H groups in total. The second-order valence-electron chi connectivity index (χ2n) is 3.33. The van der Waals surface area contributed by atoms with Crippen LogP contribution in [0.2, 0.25) is 0 Å². The molecule has 0 aliphatic heterocycles. The van der Waals surface area contributed by atoms with E-state index >= 15 is 0 Å². The van der Waals surface area contributed by atoms with Crippen molar-refractivity contribution in [3.63, 3.8) is 0 Å². The summed E-state index contributed by atoms with van der Waals surface area (Å²) in [5.74, 6) is 0.250. The Morgan fingerprint density at radius 1 is 1.47 bits per heavy atom. The molecule has 0 fully saturated rings. The van der Waals surface area contributed by atoms with Crippen molar-refractivity contribution in [2.45, 2.75) is 6.04 Å². The molecule has 5 nitrogen and oxygen atoms in total. The van der Waals surface area contributed by atoms with Crippen molar-refractivity contribution in [1.82, 2.24) is 5.32 Å². The molecule has 0 spiro atoms. The maximum atomic E-state index is 11.7. The number of halogens is 1. The molecule has 2 aromatic rings. The van der Waals surface area contributed by atoms with Gasteiger partial charge in [0.25, 0.3) is 5.91 Å². The molecule has 0 aliphatic carbocycles. The number of aliphatic hydroxyl groups excluding tert-OH is 1. The normalized spacial score (nSPS) is 12.4. The first-order chi connectivity index (χ1) is 8.20. The van der Waals surface area contributed by atoms with Gasteiger partial charge in [-0.2, -0.15) is 0 Å². The Hall–Kier alpha value is -1.53. The minimum absolute atomic E-state index is 0.168. The van der Waals surface area contributed by atoms with E-state index in [4.69, 9.17) is 8.83 Å². The van der Waals surface area contributed by atoms with Crippen LogP contribution in [-0.4, -0.2) is 17.6 Å². The van der Waals surface area contributed by atoms with Crippen LogP contribution in [0.4, 0.5) is 0 Å². The Kier molecular flexibility index (Phi) is 3.65. The average Bonchev–Trinajstić information content (AvgIpc) is 2.96. The monoisotopic (exact) mass is 299 g/mol. The van der Waals surface area contributed by atoms with E-state index < -0.39 is 11.9 Å². The molecule has 1 atom stereocenters. The first-order valence-corrected chi connectivity index (χ1v) is 5.70. The summed E-state index contributed by atoms with van der Waals surface area (Å²) in [6.07, 6.45) is 1.48. The molecule has 2 heterocycles. The summed E-state index contributed by atoms with van der Waals surface area (Å²) in [5.41, 5.74) is 0. The number of nitrogens with one attached hydrogen (secondary N) is 1. The predicted octanol–water partition coefficient (Wildman–Crippen LogP) is 2.10. The molecular weight excluding hydrogens is 290 g/mol. The van der Waals surface area contributed by atoms with Crippen LogP contribution in [0.3, 0.4) is 0 Å². The lowest BCUT2D eigenvalue weighted by Gasteiger charge is -2.12. The zero-order valence-corrected chi connectivity index (χ0v) is 10.3. The fraction of sp³-hybridized carbons (Fsp3) is 0.182. The Morgan fingerprint density at radius 2 is 2.29 bits per heavy atom. The van der Waals surface area contributed by atoms with Crippen LogP contribution in [0.25, 0.3) is 0 Å². The van der Waals surface area contributed by atoms with E-state index in [9.17, 15) is 9.90 Å². The number of aliphatic hydroxyl groups is 1. The number of rotatable bonds is 4. The molecule has 1 unspecified atom stereocenters. The van der Waals surface area contributed by atoms with E-state index in [1.807, 2.05) is 0 Å². The van der Waals surface area contributed by atoms with E-state index in [-0.39, 0.29) is 12.4 Å². The van der Waals surface area contributed by atoms with Crippen LogP contribution in [0.1, 0.15) is 22.4 Å². The Morgan fingerprint density at radius 3 is 2.82 bits per heavy atom. The molecule has 1 amide bonds. The highest BCUT2D eigenvalue weighted by molar-refractivity contribution is 9.10. The fourth-order valence-corrected chi connectivity index (χ4v) is 1.67. The molecule has 2 aromatic heterocycles. The summed E-state index contributed by atoms with van der Waals surface area (Å²) >= 11 is 3.11. The van der Waals surface area contributed by atoms with Gasteiger partial charge in [-0.25, -0.2) is 0 Å². The summed E-state index contributed by atoms with van der Waals surface area (Å²) in [7, 11) is 0. The number of carbonyl (C=O) groups is 1. The molecule has 0 aromatic carbocycles. The third-order valence-corrected chi connectivity index (χ3v) is 2.60. The molecule has 0 aliphatic rings. The van der Waals surface area contributed by atoms with Gasteiger partial charge in [-0.3, -0.25) is 4.79 Å². The van der Waals surface area contributed by atoms with Crippen LogP contribution >= 0.6 is 15.9 Å². The van der Waals surface area contributed by atoms with Gasteiger partial charge < -0.3 is 19.3 Å². The molecule has 90 valence electrons. The van der Waals surface area contributed by atoms with Crippen molar-refractivity contribution in [2.24, 2.45) is 0 Å². The summed E-state index contributed by atoms with van der Waals surface area (Å²) in [4.78, 5) is 11.7. The van der Waals surface area contributed by atoms with E-state index in [0.29, 0.717) is 10.4 Å². The average molecular weight is 300 g/mol. The standard InChI is InChI=1S/C11H10BrNO4/c12-10-4-3-9(17-10)11(15)13-7(6-14)8-2-1-5-16-8/h1-5,7,14H,6H2,(H,13,15). The van der Waals surface area contributed by atoms with E-state index in [1.165, 1.54) is 12.3 Å². The fourth-order valence-electron chi connectivity index (χ4n) is 1.36. The molecule has 0 bridgehead atoms. The van der Waals surface area contributed by atoms with Gasteiger partial charge in [0.05, 0.1) is 12.9 Å². The molecule has 17 heavy (non-hydrogen) atoms. The predicted molar refractivity (Wildman–Crippen MR) is 62.4 cm³/mol. The minimum atomic E-state index is -0.582. The summed E-state index contributed by atoms with van der Waals surface area (Å²) in [6.45, 7) is -0.249. The minimum Gasteiger partial charge on any atom is -0.467 e. The van der Waals surface area contributed by atoms with Crippen molar-refractivity contribution >= 4 is 21.8 Å². The van der Waals surface area contributed by atoms with Gasteiger partial charge in [0.2, 0.25) is 0 Å². The zero-order valence-electron chi connectivity index (χ0n) is 8.72. The number of furan rings is 2. The maximum Gasteiger partial charge on any atom is 0.287 e. The maximum absolute atomic E-state index is 11.7. The molecule has 0 radical (unpaired) electrons. The van der Waals surface area contributed by atoms with E-state index in [0.717, 1.165) is 0 Å². The Bertz CT molecular complexity index is 491. The lowest BCUT2D eigenvalue weighted by molar-refractivity contribution is 0.0878. The second kappa shape index (κ2) is 5.20. The van der Waals surface area contributed by atoms with Crippen LogP contribution < -0.4 is 5.32 Å². The van der Waals surface area contributed by atoms with Gasteiger partial charge in [0.1, 0.15) is 11.8 Å². The highest BCUT2D eigenvalue weighted by Gasteiger charge is 2.19. The lowest BCUT2D eigenvalue weighted by atomic mass is 10.2. The summed E-state index contributed by atoms with van der Waals surface area (Å²) in [6, 6.07) is 5.94. The van der Waals surface area contributed by atoms with Gasteiger partial charge in [-0.1, -0.05) is 0 Å². The van der Waals surface area contributed by atoms with Crippen molar-refractivity contribution in [3.8, 4) is 0 Å². The number of hydrogen-bond donors (Lipinski definition) is 2. The molecule has 0 saturated heterocycles. The zero-order chi connectivity index (χ0) is 12.3. The van der Waals surface area contributed by atoms with Crippen molar-refractivity contribution in [2.75, 3.05) is 6.61 Å².